The van der Waals surface area contributed by atoms with Crippen LogP contribution in [0.25, 0.3) is 0 Å². The van der Waals surface area contributed by atoms with Crippen molar-refractivity contribution in [2.45, 2.75) is 26.3 Å². The molecular weight excluding hydrogens is 406 g/mol. The zero-order valence-electron chi connectivity index (χ0n) is 17.3. The number of hydrogen-bond acceptors (Lipinski definition) is 8. The van der Waals surface area contributed by atoms with Crippen LogP contribution in [0, 0.1) is 5.41 Å². The molecule has 1 aromatic rings. The van der Waals surface area contributed by atoms with Crippen LogP contribution in [0.2, 0.25) is 0 Å². The number of guanidine groups is 1. The molecule has 0 radical (unpaired) electrons. The van der Waals surface area contributed by atoms with Crippen molar-refractivity contribution in [1.29, 1.82) is 5.41 Å². The van der Waals surface area contributed by atoms with Crippen molar-refractivity contribution in [3.05, 3.63) is 46.9 Å². The predicted octanol–water partition coefficient (Wildman–Crippen LogP) is 2.49. The first kappa shape index (κ1) is 22.2. The van der Waals surface area contributed by atoms with E-state index in [9.17, 15) is 8.78 Å². The number of halogens is 2. The normalized spacial score (nSPS) is 20.9. The molecular formula is C20H24F2N8O. The molecule has 1 atom stereocenters. The summed E-state index contributed by atoms with van der Waals surface area (Å²) in [6, 6.07) is 1.14. The van der Waals surface area contributed by atoms with E-state index in [2.05, 4.69) is 32.0 Å². The quantitative estimate of drug-likeness (QED) is 0.500. The monoisotopic (exact) mass is 430 g/mol. The molecule has 31 heavy (non-hydrogen) atoms. The van der Waals surface area contributed by atoms with E-state index in [1.165, 1.54) is 12.3 Å². The number of pyridine rings is 1. The van der Waals surface area contributed by atoms with Crippen LogP contribution >= 0.6 is 0 Å². The fourth-order valence-corrected chi connectivity index (χ4v) is 3.06. The average molecular weight is 430 g/mol. The fraction of sp³-hybridized carbons (Fsp3) is 0.350. The van der Waals surface area contributed by atoms with E-state index in [1.807, 2.05) is 11.8 Å². The summed E-state index contributed by atoms with van der Waals surface area (Å²) >= 11 is 0. The maximum atomic E-state index is 13.7. The van der Waals surface area contributed by atoms with Gasteiger partial charge in [0, 0.05) is 23.9 Å². The van der Waals surface area contributed by atoms with E-state index in [1.54, 1.807) is 13.0 Å². The zero-order valence-corrected chi connectivity index (χ0v) is 17.3. The lowest BCUT2D eigenvalue weighted by molar-refractivity contribution is 0.0326. The topological polar surface area (TPSA) is 124 Å². The number of nitrogen functional groups attached to an aromatic ring is 1. The van der Waals surface area contributed by atoms with E-state index in [0.717, 1.165) is 6.07 Å². The Morgan fingerprint density at radius 1 is 1.45 bits per heavy atom. The number of amidine groups is 2. The summed E-state index contributed by atoms with van der Waals surface area (Å²) in [6.07, 6.45) is 1.61. The maximum absolute atomic E-state index is 13.7. The molecule has 4 N–H and O–H groups in total. The molecule has 0 spiro atoms. The number of ether oxygens (including phenoxy) is 1. The van der Waals surface area contributed by atoms with Gasteiger partial charge in [-0.1, -0.05) is 6.08 Å². The highest BCUT2D eigenvalue weighted by Gasteiger charge is 2.28. The summed E-state index contributed by atoms with van der Waals surface area (Å²) in [4.78, 5) is 18.6. The minimum atomic E-state index is -2.76. The summed E-state index contributed by atoms with van der Waals surface area (Å²) in [5.74, 6) is 0.950. The maximum Gasteiger partial charge on any atom is 0.264 e. The minimum Gasteiger partial charge on any atom is -0.384 e. The summed E-state index contributed by atoms with van der Waals surface area (Å²) in [5, 5.41) is 10.6. The van der Waals surface area contributed by atoms with E-state index in [0.29, 0.717) is 37.1 Å². The van der Waals surface area contributed by atoms with Crippen molar-refractivity contribution in [2.75, 3.05) is 25.5 Å². The number of nitrogens with one attached hydrogen (secondary N) is 2. The lowest BCUT2D eigenvalue weighted by Gasteiger charge is -2.35. The Hall–Kier alpha value is -3.47. The van der Waals surface area contributed by atoms with E-state index >= 15 is 0 Å². The molecule has 0 aromatic carbocycles. The molecule has 2 aliphatic heterocycles. The number of hydrogen-bond donors (Lipinski definition) is 3. The van der Waals surface area contributed by atoms with Crippen molar-refractivity contribution >= 4 is 30.2 Å². The van der Waals surface area contributed by atoms with Gasteiger partial charge in [-0.25, -0.2) is 18.8 Å². The van der Waals surface area contributed by atoms with Crippen molar-refractivity contribution in [1.82, 2.24) is 15.2 Å². The number of alkyl halides is 2. The summed E-state index contributed by atoms with van der Waals surface area (Å²) in [5.41, 5.74) is 6.12. The second kappa shape index (κ2) is 9.56. The van der Waals surface area contributed by atoms with Crippen LogP contribution in [0.5, 0.6) is 0 Å². The summed E-state index contributed by atoms with van der Waals surface area (Å²) in [6.45, 7) is 8.63. The van der Waals surface area contributed by atoms with Gasteiger partial charge in [0.05, 0.1) is 19.3 Å². The van der Waals surface area contributed by atoms with E-state index in [4.69, 9.17) is 15.9 Å². The molecule has 0 amide bonds. The predicted molar refractivity (Wildman–Crippen MR) is 117 cm³/mol. The Morgan fingerprint density at radius 2 is 2.23 bits per heavy atom. The highest BCUT2D eigenvalue weighted by Crippen LogP contribution is 2.26. The molecule has 1 fully saturated rings. The Bertz CT molecular complexity index is 999. The van der Waals surface area contributed by atoms with Gasteiger partial charge in [0.25, 0.3) is 6.43 Å². The smallest absolute Gasteiger partial charge is 0.264 e. The number of nitrogens with zero attached hydrogens (tertiary/aromatic N) is 5. The first-order valence-electron chi connectivity index (χ1n) is 9.57. The third kappa shape index (κ3) is 5.18. The van der Waals surface area contributed by atoms with Gasteiger partial charge in [0.2, 0.25) is 5.96 Å². The van der Waals surface area contributed by atoms with E-state index in [-0.39, 0.29) is 34.7 Å². The van der Waals surface area contributed by atoms with Crippen LogP contribution in [0.3, 0.4) is 0 Å². The molecule has 2 aliphatic rings. The summed E-state index contributed by atoms with van der Waals surface area (Å²) < 4.78 is 32.9. The molecule has 3 rings (SSSR count). The molecule has 1 saturated heterocycles. The number of rotatable bonds is 4. The molecule has 11 heteroatoms. The van der Waals surface area contributed by atoms with Crippen molar-refractivity contribution < 1.29 is 13.5 Å². The van der Waals surface area contributed by atoms with Crippen LogP contribution < -0.4 is 11.1 Å². The Balaban J connectivity index is 2.09. The molecule has 0 bridgehead atoms. The van der Waals surface area contributed by atoms with Crippen LogP contribution in [-0.4, -0.2) is 60.0 Å². The van der Waals surface area contributed by atoms with Crippen molar-refractivity contribution in [3.63, 3.8) is 0 Å². The van der Waals surface area contributed by atoms with E-state index < -0.39 is 6.43 Å². The number of aliphatic imine (C=N–C) groups is 3. The Labute approximate surface area is 178 Å². The number of aromatic nitrogens is 1. The fourth-order valence-electron chi connectivity index (χ4n) is 3.06. The number of allylic oxidation sites excluding steroid dienone is 2. The molecule has 3 heterocycles. The van der Waals surface area contributed by atoms with Crippen LogP contribution in [0.4, 0.5) is 14.6 Å². The second-order valence-corrected chi connectivity index (χ2v) is 7.02. The van der Waals surface area contributed by atoms with Gasteiger partial charge in [0.1, 0.15) is 23.3 Å². The lowest BCUT2D eigenvalue weighted by Crippen LogP contribution is -2.48. The first-order chi connectivity index (χ1) is 14.8. The van der Waals surface area contributed by atoms with Gasteiger partial charge in [-0.15, -0.1) is 0 Å². The zero-order chi connectivity index (χ0) is 22.5. The van der Waals surface area contributed by atoms with Crippen LogP contribution in [-0.2, 0) is 4.74 Å². The third-order valence-electron chi connectivity index (χ3n) is 4.77. The second-order valence-electron chi connectivity index (χ2n) is 7.02. The number of morpholine rings is 1. The lowest BCUT2D eigenvalue weighted by atomic mass is 10.1. The van der Waals surface area contributed by atoms with Gasteiger partial charge in [-0.2, -0.15) is 9.98 Å². The first-order valence-corrected chi connectivity index (χ1v) is 9.57. The molecule has 0 unspecified atom stereocenters. The number of anilines is 1. The van der Waals surface area contributed by atoms with Gasteiger partial charge >= 0.3 is 0 Å². The highest BCUT2D eigenvalue weighted by molar-refractivity contribution is 6.09. The van der Waals surface area contributed by atoms with Gasteiger partial charge in [0.15, 0.2) is 0 Å². The third-order valence-corrected chi connectivity index (χ3v) is 4.77. The van der Waals surface area contributed by atoms with Crippen molar-refractivity contribution in [3.8, 4) is 0 Å². The van der Waals surface area contributed by atoms with Crippen LogP contribution in [0.1, 0.15) is 31.4 Å². The van der Waals surface area contributed by atoms with Gasteiger partial charge in [-0.05, 0) is 38.3 Å². The minimum absolute atomic E-state index is 0.00327. The molecule has 164 valence electrons. The van der Waals surface area contributed by atoms with Gasteiger partial charge in [-0.3, -0.25) is 5.41 Å². The largest absolute Gasteiger partial charge is 0.384 e. The molecule has 0 aliphatic carbocycles. The molecule has 1 aromatic heterocycles. The van der Waals surface area contributed by atoms with Gasteiger partial charge < -0.3 is 20.7 Å². The standard InChI is InChI=1S/C20H24F2N8O/c1-11(4-5-15(23)25-3)18-27-19(14-9-26-16(24)8-13(14)17(21)22)29-20(28-18)30-6-7-31-10-12(30)2/h4-5,8-9,12,17,23H,3,6-7,10H2,1-2H3,(H2,24,26)(H,27,28,29)/t12-/m1/s1. The molecule has 9 nitrogen and oxygen atoms in total. The Morgan fingerprint density at radius 3 is 2.90 bits per heavy atom. The average Bonchev–Trinajstić information content (AvgIpc) is 2.77. The van der Waals surface area contributed by atoms with Crippen molar-refractivity contribution in [2.24, 2.45) is 15.0 Å². The SMILES string of the molecule is C=NC(=N)C=CC(C)=C1N=C(N2CCOC[C@H]2C)N=C(c2cnc(N)cc2C(F)F)N1. The summed E-state index contributed by atoms with van der Waals surface area (Å²) in [7, 11) is 0. The number of nitrogens with two attached hydrogens (primary N) is 1. The molecule has 0 saturated carbocycles. The highest BCUT2D eigenvalue weighted by atomic mass is 19.3. The Kier molecular flexibility index (Phi) is 6.85. The van der Waals surface area contributed by atoms with Crippen LogP contribution in [0.15, 0.2) is 50.8 Å².